The highest BCUT2D eigenvalue weighted by molar-refractivity contribution is 6.11. The lowest BCUT2D eigenvalue weighted by molar-refractivity contribution is -0.123. The number of aromatic nitrogens is 2. The van der Waals surface area contributed by atoms with Gasteiger partial charge in [-0.15, -0.1) is 0 Å². The number of carbonyl (C=O) groups is 2. The third-order valence-corrected chi connectivity index (χ3v) is 6.21. The highest BCUT2D eigenvalue weighted by Crippen LogP contribution is 2.45. The van der Waals surface area contributed by atoms with E-state index in [2.05, 4.69) is 15.3 Å². The number of nitrogens with zero attached hydrogens (tertiary/aromatic N) is 3. The van der Waals surface area contributed by atoms with Gasteiger partial charge < -0.3 is 10.1 Å². The monoisotopic (exact) mass is 464 g/mol. The van der Waals surface area contributed by atoms with Gasteiger partial charge in [0.25, 0.3) is 5.91 Å². The lowest BCUT2D eigenvalue weighted by atomic mass is 9.79. The number of carbonyl (C=O) groups excluding carboxylic acids is 2. The van der Waals surface area contributed by atoms with Gasteiger partial charge in [0.05, 0.1) is 19.1 Å². The van der Waals surface area contributed by atoms with E-state index in [0.29, 0.717) is 29.1 Å². The molecule has 174 valence electrons. The number of ether oxygens (including phenoxy) is 1. The van der Waals surface area contributed by atoms with Crippen molar-refractivity contribution in [2.24, 2.45) is 0 Å². The van der Waals surface area contributed by atoms with E-state index >= 15 is 0 Å². The fraction of sp³-hybridized carbons (Fsp3) is 0.143. The van der Waals surface area contributed by atoms with Crippen molar-refractivity contribution in [1.29, 1.82) is 0 Å². The van der Waals surface area contributed by atoms with Gasteiger partial charge in [-0.05, 0) is 65.2 Å². The number of hydrogen-bond donors (Lipinski definition) is 1. The summed E-state index contributed by atoms with van der Waals surface area (Å²) in [4.78, 5) is 37.6. The first kappa shape index (κ1) is 22.3. The number of methoxy groups -OCH3 is 1. The van der Waals surface area contributed by atoms with E-state index in [1.54, 1.807) is 42.9 Å². The van der Waals surface area contributed by atoms with Gasteiger partial charge in [0, 0.05) is 42.6 Å². The van der Waals surface area contributed by atoms with Crippen LogP contribution in [-0.2, 0) is 11.3 Å². The number of hydrogen-bond acceptors (Lipinski definition) is 5. The van der Waals surface area contributed by atoms with Crippen molar-refractivity contribution >= 4 is 17.5 Å². The van der Waals surface area contributed by atoms with Crippen LogP contribution in [0.15, 0.2) is 97.6 Å². The fourth-order valence-corrected chi connectivity index (χ4v) is 4.54. The molecule has 7 heteroatoms. The Morgan fingerprint density at radius 3 is 2.43 bits per heavy atom. The minimum absolute atomic E-state index is 0.169. The molecule has 4 aromatic rings. The molecule has 1 aliphatic heterocycles. The summed E-state index contributed by atoms with van der Waals surface area (Å²) in [5.41, 5.74) is 3.59. The van der Waals surface area contributed by atoms with Gasteiger partial charge >= 0.3 is 0 Å². The van der Waals surface area contributed by atoms with Gasteiger partial charge in [0.15, 0.2) is 0 Å². The first-order chi connectivity index (χ1) is 17.2. The van der Waals surface area contributed by atoms with E-state index in [0.717, 1.165) is 11.1 Å². The van der Waals surface area contributed by atoms with E-state index in [1.165, 1.54) is 0 Å². The first-order valence-corrected chi connectivity index (χ1v) is 11.3. The van der Waals surface area contributed by atoms with Crippen molar-refractivity contribution in [3.63, 3.8) is 0 Å². The Labute approximate surface area is 203 Å². The summed E-state index contributed by atoms with van der Waals surface area (Å²) in [5.74, 6) is -0.299. The normalized spacial score (nSPS) is 16.9. The van der Waals surface area contributed by atoms with Crippen LogP contribution in [0.2, 0.25) is 0 Å². The van der Waals surface area contributed by atoms with Crippen LogP contribution < -0.4 is 15.0 Å². The molecule has 2 aromatic heterocycles. The summed E-state index contributed by atoms with van der Waals surface area (Å²) in [7, 11) is 1.60. The minimum atomic E-state index is -0.642. The number of rotatable bonds is 6. The van der Waals surface area contributed by atoms with Crippen LogP contribution in [-0.4, -0.2) is 28.9 Å². The van der Waals surface area contributed by atoms with Gasteiger partial charge in [0.2, 0.25) is 5.91 Å². The molecule has 7 nitrogen and oxygen atoms in total. The number of benzene rings is 2. The van der Waals surface area contributed by atoms with Crippen molar-refractivity contribution in [3.05, 3.63) is 120 Å². The number of anilines is 1. The molecule has 0 fully saturated rings. The zero-order chi connectivity index (χ0) is 24.2. The SMILES string of the molecule is COc1ccc(N2C(=O)c3ccccc3[C@@H](C(=O)NCc3ccncc3)[C@@H]2c2cccnc2)cc1. The number of fused-ring (bicyclic) bond motifs is 1. The number of amides is 2. The average Bonchev–Trinajstić information content (AvgIpc) is 2.93. The Kier molecular flexibility index (Phi) is 6.22. The lowest BCUT2D eigenvalue weighted by Crippen LogP contribution is -2.47. The largest absolute Gasteiger partial charge is 0.497 e. The molecular weight excluding hydrogens is 440 g/mol. The molecule has 1 N–H and O–H groups in total. The van der Waals surface area contributed by atoms with Crippen LogP contribution in [0, 0.1) is 0 Å². The third-order valence-electron chi connectivity index (χ3n) is 6.21. The molecule has 0 bridgehead atoms. The van der Waals surface area contributed by atoms with Gasteiger partial charge in [-0.2, -0.15) is 0 Å². The molecule has 3 heterocycles. The topological polar surface area (TPSA) is 84.4 Å². The zero-order valence-corrected chi connectivity index (χ0v) is 19.2. The van der Waals surface area contributed by atoms with Crippen LogP contribution in [0.4, 0.5) is 5.69 Å². The second kappa shape index (κ2) is 9.77. The van der Waals surface area contributed by atoms with Crippen LogP contribution in [0.25, 0.3) is 0 Å². The van der Waals surface area contributed by atoms with Crippen molar-refractivity contribution in [3.8, 4) is 5.75 Å². The molecular formula is C28H24N4O3. The molecule has 1 aliphatic rings. The number of pyridine rings is 2. The minimum Gasteiger partial charge on any atom is -0.497 e. The highest BCUT2D eigenvalue weighted by atomic mass is 16.5. The smallest absolute Gasteiger partial charge is 0.259 e. The highest BCUT2D eigenvalue weighted by Gasteiger charge is 2.44. The molecule has 0 unspecified atom stereocenters. The van der Waals surface area contributed by atoms with E-state index in [9.17, 15) is 9.59 Å². The van der Waals surface area contributed by atoms with Crippen molar-refractivity contribution < 1.29 is 14.3 Å². The zero-order valence-electron chi connectivity index (χ0n) is 19.2. The molecule has 2 aromatic carbocycles. The quantitative estimate of drug-likeness (QED) is 0.460. The molecule has 0 saturated heterocycles. The van der Waals surface area contributed by atoms with Gasteiger partial charge in [-0.1, -0.05) is 24.3 Å². The van der Waals surface area contributed by atoms with Gasteiger partial charge in [-0.25, -0.2) is 0 Å². The molecule has 0 spiro atoms. The third kappa shape index (κ3) is 4.36. The van der Waals surface area contributed by atoms with E-state index < -0.39 is 12.0 Å². The summed E-state index contributed by atoms with van der Waals surface area (Å²) in [6.45, 7) is 0.357. The standard InChI is InChI=1S/C28H24N4O3/c1-35-22-10-8-21(9-11-22)32-26(20-5-4-14-30-18-20)25(23-6-2-3-7-24(23)28(32)34)27(33)31-17-19-12-15-29-16-13-19/h2-16,18,25-26H,17H2,1H3,(H,31,33)/t25-,26+/m1/s1. The Morgan fingerprint density at radius 1 is 0.943 bits per heavy atom. The van der Waals surface area contributed by atoms with Crippen molar-refractivity contribution in [2.75, 3.05) is 12.0 Å². The van der Waals surface area contributed by atoms with E-state index in [1.807, 2.05) is 66.7 Å². The summed E-state index contributed by atoms with van der Waals surface area (Å²) in [5, 5.41) is 3.07. The van der Waals surface area contributed by atoms with Gasteiger partial charge in [-0.3, -0.25) is 24.5 Å². The summed E-state index contributed by atoms with van der Waals surface area (Å²) >= 11 is 0. The first-order valence-electron chi connectivity index (χ1n) is 11.3. The molecule has 35 heavy (non-hydrogen) atoms. The Bertz CT molecular complexity index is 1330. The molecule has 0 radical (unpaired) electrons. The predicted molar refractivity (Wildman–Crippen MR) is 132 cm³/mol. The second-order valence-corrected chi connectivity index (χ2v) is 8.24. The Hall–Kier alpha value is -4.52. The summed E-state index contributed by atoms with van der Waals surface area (Å²) < 4.78 is 5.30. The predicted octanol–water partition coefficient (Wildman–Crippen LogP) is 4.29. The van der Waals surface area contributed by atoms with Gasteiger partial charge in [0.1, 0.15) is 5.75 Å². The van der Waals surface area contributed by atoms with Crippen molar-refractivity contribution in [2.45, 2.75) is 18.5 Å². The van der Waals surface area contributed by atoms with Crippen molar-refractivity contribution in [1.82, 2.24) is 15.3 Å². The van der Waals surface area contributed by atoms with Crippen LogP contribution in [0.5, 0.6) is 5.75 Å². The Morgan fingerprint density at radius 2 is 1.71 bits per heavy atom. The van der Waals surface area contributed by atoms with E-state index in [4.69, 9.17) is 4.74 Å². The van der Waals surface area contributed by atoms with Crippen LogP contribution >= 0.6 is 0 Å². The Balaban J connectivity index is 1.62. The lowest BCUT2D eigenvalue weighted by Gasteiger charge is -2.41. The summed E-state index contributed by atoms with van der Waals surface area (Å²) in [6, 6.07) is 21.5. The molecule has 5 rings (SSSR count). The summed E-state index contributed by atoms with van der Waals surface area (Å²) in [6.07, 6.45) is 6.78. The molecule has 2 amide bonds. The van der Waals surface area contributed by atoms with Crippen LogP contribution in [0.1, 0.15) is 39.0 Å². The van der Waals surface area contributed by atoms with E-state index in [-0.39, 0.29) is 11.8 Å². The maximum atomic E-state index is 13.8. The fourth-order valence-electron chi connectivity index (χ4n) is 4.54. The second-order valence-electron chi connectivity index (χ2n) is 8.24. The average molecular weight is 465 g/mol. The molecule has 0 saturated carbocycles. The molecule has 0 aliphatic carbocycles. The van der Waals surface area contributed by atoms with Crippen LogP contribution in [0.3, 0.4) is 0 Å². The maximum absolute atomic E-state index is 13.8. The molecule has 2 atom stereocenters. The maximum Gasteiger partial charge on any atom is 0.259 e. The number of nitrogens with one attached hydrogen (secondary N) is 1.